The van der Waals surface area contributed by atoms with Crippen LogP contribution in [0.1, 0.15) is 39.0 Å². The fourth-order valence-electron chi connectivity index (χ4n) is 2.53. The third kappa shape index (κ3) is 17.4. The van der Waals surface area contributed by atoms with E-state index in [4.69, 9.17) is 29.4 Å². The van der Waals surface area contributed by atoms with Crippen LogP contribution >= 0.6 is 0 Å². The Morgan fingerprint density at radius 3 is 2.07 bits per heavy atom. The van der Waals surface area contributed by atoms with E-state index in [1.54, 1.807) is 14.2 Å². The van der Waals surface area contributed by atoms with Gasteiger partial charge in [-0.15, -0.1) is 0 Å². The van der Waals surface area contributed by atoms with Crippen molar-refractivity contribution in [1.82, 2.24) is 10.6 Å². The van der Waals surface area contributed by atoms with Gasteiger partial charge in [-0.05, 0) is 45.6 Å². The summed E-state index contributed by atoms with van der Waals surface area (Å²) in [6.07, 6.45) is 2.96. The maximum Gasteiger partial charge on any atom is 0.407 e. The molecule has 2 atom stereocenters. The monoisotopic (exact) mass is 435 g/mol. The Kier molecular flexibility index (Phi) is 19.8. The molecule has 30 heavy (non-hydrogen) atoms. The summed E-state index contributed by atoms with van der Waals surface area (Å²) in [6, 6.07) is -0.695. The van der Waals surface area contributed by atoms with Crippen LogP contribution in [0.25, 0.3) is 0 Å². The number of ether oxygens (including phenoxy) is 5. The summed E-state index contributed by atoms with van der Waals surface area (Å²) in [7, 11) is 3.21. The average Bonchev–Trinajstić information content (AvgIpc) is 2.73. The van der Waals surface area contributed by atoms with Crippen molar-refractivity contribution in [3.05, 3.63) is 0 Å². The second kappa shape index (κ2) is 20.8. The molecule has 0 fully saturated rings. The molecular weight excluding hydrogens is 394 g/mol. The highest BCUT2D eigenvalue weighted by atomic mass is 16.6. The van der Waals surface area contributed by atoms with Crippen LogP contribution in [0.2, 0.25) is 0 Å². The highest BCUT2D eigenvalue weighted by Crippen LogP contribution is 2.05. The molecular formula is C20H41N3O7. The smallest absolute Gasteiger partial charge is 0.407 e. The van der Waals surface area contributed by atoms with Gasteiger partial charge in [-0.25, -0.2) is 4.79 Å². The fraction of sp³-hybridized carbons (Fsp3) is 0.900. The van der Waals surface area contributed by atoms with Crippen LogP contribution in [0.4, 0.5) is 4.79 Å². The second-order valence-corrected chi connectivity index (χ2v) is 6.88. The average molecular weight is 436 g/mol. The van der Waals surface area contributed by atoms with Crippen LogP contribution in [-0.2, 0) is 28.5 Å². The molecule has 0 spiro atoms. The first kappa shape index (κ1) is 28.5. The van der Waals surface area contributed by atoms with Gasteiger partial charge in [0.2, 0.25) is 5.91 Å². The first-order chi connectivity index (χ1) is 14.5. The Morgan fingerprint density at radius 1 is 0.800 bits per heavy atom. The normalized spacial score (nSPS) is 12.9. The third-order valence-corrected chi connectivity index (χ3v) is 4.19. The van der Waals surface area contributed by atoms with Crippen molar-refractivity contribution in [3.8, 4) is 0 Å². The molecule has 4 N–H and O–H groups in total. The molecule has 0 rings (SSSR count). The fourth-order valence-corrected chi connectivity index (χ4v) is 2.53. The number of nitrogens with one attached hydrogen (secondary N) is 2. The second-order valence-electron chi connectivity index (χ2n) is 6.88. The predicted octanol–water partition coefficient (Wildman–Crippen LogP) is 0.821. The first-order valence-electron chi connectivity index (χ1n) is 10.6. The molecule has 0 aliphatic heterocycles. The van der Waals surface area contributed by atoms with Crippen molar-refractivity contribution in [2.24, 2.45) is 5.73 Å². The highest BCUT2D eigenvalue weighted by Gasteiger charge is 2.22. The zero-order valence-electron chi connectivity index (χ0n) is 18.8. The van der Waals surface area contributed by atoms with Gasteiger partial charge in [0.1, 0.15) is 12.6 Å². The molecule has 0 aliphatic rings. The van der Waals surface area contributed by atoms with E-state index < -0.39 is 12.1 Å². The van der Waals surface area contributed by atoms with Crippen molar-refractivity contribution in [2.75, 3.05) is 67.0 Å². The highest BCUT2D eigenvalue weighted by molar-refractivity contribution is 5.85. The van der Waals surface area contributed by atoms with Gasteiger partial charge >= 0.3 is 6.09 Å². The van der Waals surface area contributed by atoms with Gasteiger partial charge in [0, 0.05) is 26.9 Å². The molecule has 0 aromatic carbocycles. The predicted molar refractivity (Wildman–Crippen MR) is 113 cm³/mol. The van der Waals surface area contributed by atoms with Crippen molar-refractivity contribution in [1.29, 1.82) is 0 Å². The number of unbranched alkanes of at least 4 members (excludes halogenated alkanes) is 1. The van der Waals surface area contributed by atoms with E-state index in [0.717, 1.165) is 25.7 Å². The topological polar surface area (TPSA) is 130 Å². The first-order valence-corrected chi connectivity index (χ1v) is 10.6. The summed E-state index contributed by atoms with van der Waals surface area (Å²) in [4.78, 5) is 24.7. The van der Waals surface area contributed by atoms with E-state index in [1.807, 2.05) is 6.92 Å². The van der Waals surface area contributed by atoms with Crippen molar-refractivity contribution >= 4 is 12.0 Å². The number of methoxy groups -OCH3 is 2. The summed E-state index contributed by atoms with van der Waals surface area (Å²) in [5, 5.41) is 5.58. The maximum absolute atomic E-state index is 12.6. The minimum absolute atomic E-state index is 0.0204. The standard InChI is InChI=1S/C20H41N3O7/c1-17(7-6-9-21)22-19(24)18(8-4-5-10-28-13-11-26-2)23-20(25)30-16-15-29-14-12-27-3/h17-18H,4-16,21H2,1-3H3,(H,22,24)(H,23,25). The Hall–Kier alpha value is -1.46. The van der Waals surface area contributed by atoms with E-state index in [-0.39, 0.29) is 25.2 Å². The molecule has 0 heterocycles. The van der Waals surface area contributed by atoms with Crippen LogP contribution in [0.3, 0.4) is 0 Å². The van der Waals surface area contributed by atoms with E-state index in [9.17, 15) is 9.59 Å². The van der Waals surface area contributed by atoms with Crippen LogP contribution in [0.15, 0.2) is 0 Å². The van der Waals surface area contributed by atoms with Crippen LogP contribution < -0.4 is 16.4 Å². The molecule has 0 saturated heterocycles. The molecule has 10 heteroatoms. The van der Waals surface area contributed by atoms with E-state index in [1.165, 1.54) is 0 Å². The van der Waals surface area contributed by atoms with Crippen molar-refractivity contribution < 1.29 is 33.3 Å². The molecule has 0 radical (unpaired) electrons. The quantitative estimate of drug-likeness (QED) is 0.240. The largest absolute Gasteiger partial charge is 0.447 e. The van der Waals surface area contributed by atoms with Gasteiger partial charge in [0.15, 0.2) is 0 Å². The van der Waals surface area contributed by atoms with Gasteiger partial charge in [-0.3, -0.25) is 4.79 Å². The summed E-state index contributed by atoms with van der Waals surface area (Å²) < 4.78 is 25.6. The minimum atomic E-state index is -0.675. The lowest BCUT2D eigenvalue weighted by Crippen LogP contribution is -2.49. The lowest BCUT2D eigenvalue weighted by atomic mass is 10.1. The van der Waals surface area contributed by atoms with Gasteiger partial charge in [0.05, 0.1) is 33.0 Å². The molecule has 10 nitrogen and oxygen atoms in total. The molecule has 2 amide bonds. The molecule has 0 aromatic heterocycles. The van der Waals surface area contributed by atoms with Gasteiger partial charge in [-0.2, -0.15) is 0 Å². The number of hydrogen-bond acceptors (Lipinski definition) is 8. The maximum atomic E-state index is 12.6. The summed E-state index contributed by atoms with van der Waals surface area (Å²) in [5.74, 6) is -0.229. The number of alkyl carbamates (subject to hydrolysis) is 1. The van der Waals surface area contributed by atoms with Crippen molar-refractivity contribution in [3.63, 3.8) is 0 Å². The Bertz CT molecular complexity index is 427. The lowest BCUT2D eigenvalue weighted by molar-refractivity contribution is -0.124. The van der Waals surface area contributed by atoms with Gasteiger partial charge in [-0.1, -0.05) is 0 Å². The molecule has 178 valence electrons. The molecule has 0 aromatic rings. The number of carbonyl (C=O) groups excluding carboxylic acids is 2. The molecule has 0 bridgehead atoms. The number of amides is 2. The van der Waals surface area contributed by atoms with Gasteiger partial charge < -0.3 is 40.1 Å². The summed E-state index contributed by atoms with van der Waals surface area (Å²) in [6.45, 7) is 5.43. The van der Waals surface area contributed by atoms with Crippen LogP contribution in [0.5, 0.6) is 0 Å². The number of rotatable bonds is 20. The van der Waals surface area contributed by atoms with E-state index >= 15 is 0 Å². The SMILES string of the molecule is COCCOCCCCC(NC(=O)OCCOCCOC)C(=O)NC(C)CCCN. The zero-order chi connectivity index (χ0) is 22.5. The molecule has 0 saturated carbocycles. The van der Waals surface area contributed by atoms with E-state index in [2.05, 4.69) is 10.6 Å². The van der Waals surface area contributed by atoms with Crippen LogP contribution in [0, 0.1) is 0 Å². The third-order valence-electron chi connectivity index (χ3n) is 4.19. The van der Waals surface area contributed by atoms with Crippen molar-refractivity contribution in [2.45, 2.75) is 51.1 Å². The van der Waals surface area contributed by atoms with Crippen LogP contribution in [-0.4, -0.2) is 91.1 Å². The summed E-state index contributed by atoms with van der Waals surface area (Å²) >= 11 is 0. The number of carbonyl (C=O) groups is 2. The number of nitrogens with two attached hydrogens (primary N) is 1. The Balaban J connectivity index is 4.36. The number of hydrogen-bond donors (Lipinski definition) is 3. The summed E-state index contributed by atoms with van der Waals surface area (Å²) in [5.41, 5.74) is 5.52. The Morgan fingerprint density at radius 2 is 1.43 bits per heavy atom. The van der Waals surface area contributed by atoms with Gasteiger partial charge in [0.25, 0.3) is 0 Å². The Labute approximate surface area is 180 Å². The zero-order valence-corrected chi connectivity index (χ0v) is 18.8. The lowest BCUT2D eigenvalue weighted by Gasteiger charge is -2.21. The minimum Gasteiger partial charge on any atom is -0.447 e. The molecule has 0 aliphatic carbocycles. The van der Waals surface area contributed by atoms with E-state index in [0.29, 0.717) is 46.0 Å². The molecule has 2 unspecified atom stereocenters.